The minimum Gasteiger partial charge on any atom is -0.296 e. The van der Waals surface area contributed by atoms with Gasteiger partial charge >= 0.3 is 10.2 Å². The highest BCUT2D eigenvalue weighted by Gasteiger charge is 2.34. The molecule has 0 saturated carbocycles. The van der Waals surface area contributed by atoms with E-state index in [9.17, 15) is 17.1 Å². The average Bonchev–Trinajstić information content (AvgIpc) is 2.58. The number of rotatable bonds is 3. The number of pyridine rings is 1. The molecule has 0 spiro atoms. The summed E-state index contributed by atoms with van der Waals surface area (Å²) in [5.41, 5.74) is 0. The number of hydrogen-bond acceptors (Lipinski definition) is 4. The van der Waals surface area contributed by atoms with Crippen molar-refractivity contribution in [3.8, 4) is 0 Å². The Labute approximate surface area is 118 Å². The molecule has 0 N–H and O–H groups in total. The Morgan fingerprint density at radius 2 is 2.22 bits per heavy atom. The van der Waals surface area contributed by atoms with Crippen molar-refractivity contribution in [2.75, 3.05) is 17.2 Å². The van der Waals surface area contributed by atoms with Gasteiger partial charge in [-0.1, -0.05) is 0 Å². The quantitative estimate of drug-likeness (QED) is 0.583. The van der Waals surface area contributed by atoms with Gasteiger partial charge in [0.1, 0.15) is 5.82 Å². The van der Waals surface area contributed by atoms with Crippen molar-refractivity contribution in [3.05, 3.63) is 21.9 Å². The molecule has 1 aromatic rings. The summed E-state index contributed by atoms with van der Waals surface area (Å²) in [4.78, 5) is 17.2. The second-order valence-corrected chi connectivity index (χ2v) is 6.77. The Kier molecular flexibility index (Phi) is 3.85. The molecule has 0 bridgehead atoms. The zero-order valence-corrected chi connectivity index (χ0v) is 12.2. The molecule has 8 heteroatoms. The lowest BCUT2D eigenvalue weighted by Crippen LogP contribution is -2.26. The molecule has 5 nitrogen and oxygen atoms in total. The summed E-state index contributed by atoms with van der Waals surface area (Å²) >= 11 is 2.09. The second-order valence-electron chi connectivity index (χ2n) is 4.11. The number of halogens is 2. The summed E-state index contributed by atoms with van der Waals surface area (Å²) in [5.74, 6) is -0.871. The van der Waals surface area contributed by atoms with Crippen LogP contribution in [-0.4, -0.2) is 31.6 Å². The van der Waals surface area contributed by atoms with Crippen LogP contribution in [0, 0.1) is 9.49 Å². The van der Waals surface area contributed by atoms with E-state index in [1.165, 1.54) is 4.90 Å². The van der Waals surface area contributed by atoms with Gasteiger partial charge in [0.15, 0.2) is 0 Å². The van der Waals surface area contributed by atoms with E-state index in [1.54, 1.807) is 18.3 Å². The van der Waals surface area contributed by atoms with E-state index in [0.29, 0.717) is 5.82 Å². The molecule has 18 heavy (non-hydrogen) atoms. The van der Waals surface area contributed by atoms with Crippen LogP contribution in [-0.2, 0) is 15.0 Å². The number of hydrogen-bond donors (Lipinski definition) is 0. The molecule has 0 aromatic carbocycles. The molecule has 1 aromatic heterocycles. The first kappa shape index (κ1) is 13.7. The van der Waals surface area contributed by atoms with Crippen molar-refractivity contribution in [2.24, 2.45) is 5.92 Å². The van der Waals surface area contributed by atoms with Gasteiger partial charge in [0.2, 0.25) is 5.91 Å². The minimum absolute atomic E-state index is 0.0385. The van der Waals surface area contributed by atoms with Crippen molar-refractivity contribution in [1.82, 2.24) is 4.98 Å². The van der Waals surface area contributed by atoms with E-state index in [2.05, 4.69) is 27.6 Å². The maximum Gasteiger partial charge on any atom is 0.302 e. The van der Waals surface area contributed by atoms with Gasteiger partial charge in [-0.3, -0.25) is 9.69 Å². The lowest BCUT2D eigenvalue weighted by Gasteiger charge is -2.14. The molecule has 0 radical (unpaired) electrons. The molecule has 2 rings (SSSR count). The van der Waals surface area contributed by atoms with Gasteiger partial charge in [0.25, 0.3) is 0 Å². The van der Waals surface area contributed by atoms with Crippen LogP contribution in [0.1, 0.15) is 6.42 Å². The summed E-state index contributed by atoms with van der Waals surface area (Å²) in [6, 6.07) is 3.49. The van der Waals surface area contributed by atoms with Crippen LogP contribution in [0.5, 0.6) is 0 Å². The van der Waals surface area contributed by atoms with Gasteiger partial charge in [-0.2, -0.15) is 8.42 Å². The zero-order valence-electron chi connectivity index (χ0n) is 9.21. The molecule has 2 heterocycles. The summed E-state index contributed by atoms with van der Waals surface area (Å²) in [7, 11) is -4.54. The highest BCUT2D eigenvalue weighted by Crippen LogP contribution is 2.25. The smallest absolute Gasteiger partial charge is 0.296 e. The Bertz CT molecular complexity index is 561. The predicted molar refractivity (Wildman–Crippen MR) is 72.3 cm³/mol. The van der Waals surface area contributed by atoms with Gasteiger partial charge < -0.3 is 0 Å². The molecular formula is C10H10FIN2O3S. The minimum atomic E-state index is -4.54. The molecular weight excluding hydrogens is 374 g/mol. The fraction of sp³-hybridized carbons (Fsp3) is 0.400. The summed E-state index contributed by atoms with van der Waals surface area (Å²) in [6.07, 6.45) is 1.65. The molecule has 1 fully saturated rings. The Balaban J connectivity index is 2.12. The third-order valence-electron chi connectivity index (χ3n) is 2.63. The monoisotopic (exact) mass is 384 g/mol. The van der Waals surface area contributed by atoms with Gasteiger partial charge in [-0.05, 0) is 34.7 Å². The van der Waals surface area contributed by atoms with E-state index in [0.717, 1.165) is 3.57 Å². The standard InChI is InChI=1S/C10H10FIN2O3S/c11-18(16,17)6-7-3-10(15)14(5-7)9-2-1-8(12)4-13-9/h1-2,4,7H,3,5-6H2. The Morgan fingerprint density at radius 1 is 1.50 bits per heavy atom. The van der Waals surface area contributed by atoms with Gasteiger partial charge in [-0.25, -0.2) is 4.98 Å². The SMILES string of the molecule is O=C1CC(CS(=O)(=O)F)CN1c1ccc(I)cn1. The number of amides is 1. The molecule has 1 aliphatic rings. The van der Waals surface area contributed by atoms with Crippen LogP contribution >= 0.6 is 22.6 Å². The number of aromatic nitrogens is 1. The predicted octanol–water partition coefficient (Wildman–Crippen LogP) is 1.34. The first-order valence-corrected chi connectivity index (χ1v) is 7.82. The Hall–Kier alpha value is -0.770. The van der Waals surface area contributed by atoms with E-state index in [-0.39, 0.29) is 18.9 Å². The maximum absolute atomic E-state index is 12.6. The molecule has 98 valence electrons. The molecule has 0 aliphatic carbocycles. The fourth-order valence-electron chi connectivity index (χ4n) is 1.92. The summed E-state index contributed by atoms with van der Waals surface area (Å²) in [6.45, 7) is 0.190. The lowest BCUT2D eigenvalue weighted by atomic mass is 10.1. The highest BCUT2D eigenvalue weighted by molar-refractivity contribution is 14.1. The van der Waals surface area contributed by atoms with Crippen LogP contribution in [0.3, 0.4) is 0 Å². The molecule has 1 atom stereocenters. The lowest BCUT2D eigenvalue weighted by molar-refractivity contribution is -0.117. The first-order valence-electron chi connectivity index (χ1n) is 5.19. The summed E-state index contributed by atoms with van der Waals surface area (Å²) < 4.78 is 34.6. The van der Waals surface area contributed by atoms with E-state index in [4.69, 9.17) is 0 Å². The van der Waals surface area contributed by atoms with Gasteiger partial charge in [0, 0.05) is 28.7 Å². The van der Waals surface area contributed by atoms with Crippen LogP contribution in [0.4, 0.5) is 9.70 Å². The van der Waals surface area contributed by atoms with Gasteiger partial charge in [-0.15, -0.1) is 3.89 Å². The van der Waals surface area contributed by atoms with Crippen molar-refractivity contribution in [1.29, 1.82) is 0 Å². The van der Waals surface area contributed by atoms with E-state index in [1.807, 2.05) is 0 Å². The third-order valence-corrected chi connectivity index (χ3v) is 4.14. The van der Waals surface area contributed by atoms with Crippen LogP contribution in [0.15, 0.2) is 18.3 Å². The highest BCUT2D eigenvalue weighted by atomic mass is 127. The van der Waals surface area contributed by atoms with Crippen molar-refractivity contribution in [2.45, 2.75) is 6.42 Å². The topological polar surface area (TPSA) is 67.3 Å². The number of carbonyl (C=O) groups is 1. The summed E-state index contributed by atoms with van der Waals surface area (Å²) in [5, 5.41) is 0. The Morgan fingerprint density at radius 3 is 2.78 bits per heavy atom. The number of anilines is 1. The third kappa shape index (κ3) is 3.37. The fourth-order valence-corrected chi connectivity index (χ4v) is 3.03. The number of carbonyl (C=O) groups excluding carboxylic acids is 1. The molecule has 1 aliphatic heterocycles. The van der Waals surface area contributed by atoms with Crippen molar-refractivity contribution >= 4 is 44.5 Å². The van der Waals surface area contributed by atoms with Crippen molar-refractivity contribution in [3.63, 3.8) is 0 Å². The normalized spacial score (nSPS) is 20.4. The van der Waals surface area contributed by atoms with Crippen molar-refractivity contribution < 1.29 is 17.1 Å². The van der Waals surface area contributed by atoms with Crippen LogP contribution < -0.4 is 4.90 Å². The molecule has 1 saturated heterocycles. The van der Waals surface area contributed by atoms with Crippen LogP contribution in [0.2, 0.25) is 0 Å². The number of nitrogens with zero attached hydrogens (tertiary/aromatic N) is 2. The van der Waals surface area contributed by atoms with Crippen LogP contribution in [0.25, 0.3) is 0 Å². The van der Waals surface area contributed by atoms with E-state index < -0.39 is 21.9 Å². The van der Waals surface area contributed by atoms with E-state index >= 15 is 0 Å². The average molecular weight is 384 g/mol. The zero-order chi connectivity index (χ0) is 13.3. The second kappa shape index (κ2) is 5.08. The molecule has 1 amide bonds. The largest absolute Gasteiger partial charge is 0.302 e. The first-order chi connectivity index (χ1) is 8.35. The van der Waals surface area contributed by atoms with Gasteiger partial charge in [0.05, 0.1) is 5.75 Å². The maximum atomic E-state index is 12.6. The molecule has 1 unspecified atom stereocenters.